The molecular formula is C12H19ClIN3S. The van der Waals surface area contributed by atoms with Crippen molar-refractivity contribution in [1.29, 1.82) is 0 Å². The van der Waals surface area contributed by atoms with E-state index >= 15 is 0 Å². The van der Waals surface area contributed by atoms with Crippen LogP contribution in [0.25, 0.3) is 0 Å². The van der Waals surface area contributed by atoms with Gasteiger partial charge in [0.25, 0.3) is 0 Å². The molecule has 1 aromatic rings. The van der Waals surface area contributed by atoms with Crippen molar-refractivity contribution in [3.8, 4) is 0 Å². The van der Waals surface area contributed by atoms with E-state index in [1.165, 1.54) is 17.7 Å². The minimum Gasteiger partial charge on any atom is -0.356 e. The van der Waals surface area contributed by atoms with Gasteiger partial charge in [-0.05, 0) is 37.3 Å². The summed E-state index contributed by atoms with van der Waals surface area (Å²) in [6.07, 6.45) is 3.71. The van der Waals surface area contributed by atoms with Gasteiger partial charge in [-0.2, -0.15) is 0 Å². The first-order valence-corrected chi connectivity index (χ1v) is 7.16. The minimum absolute atomic E-state index is 0. The summed E-state index contributed by atoms with van der Waals surface area (Å²) in [5.74, 6) is 1.77. The lowest BCUT2D eigenvalue weighted by atomic mass is 10.3. The first-order chi connectivity index (χ1) is 8.28. The summed E-state index contributed by atoms with van der Waals surface area (Å²) in [5, 5.41) is 6.65. The highest BCUT2D eigenvalue weighted by atomic mass is 127. The number of nitrogens with one attached hydrogen (secondary N) is 2. The molecule has 102 valence electrons. The Morgan fingerprint density at radius 3 is 2.78 bits per heavy atom. The van der Waals surface area contributed by atoms with Crippen molar-refractivity contribution < 1.29 is 0 Å². The summed E-state index contributed by atoms with van der Waals surface area (Å²) in [7, 11) is 1.81. The van der Waals surface area contributed by atoms with E-state index in [0.29, 0.717) is 0 Å². The van der Waals surface area contributed by atoms with Gasteiger partial charge in [-0.15, -0.1) is 35.3 Å². The molecular weight excluding hydrogens is 381 g/mol. The molecule has 0 bridgehead atoms. The first kappa shape index (κ1) is 16.0. The normalized spacial score (nSPS) is 15.1. The van der Waals surface area contributed by atoms with E-state index in [4.69, 9.17) is 11.6 Å². The largest absolute Gasteiger partial charge is 0.356 e. The summed E-state index contributed by atoms with van der Waals surface area (Å²) >= 11 is 7.52. The Balaban J connectivity index is 0.00000162. The molecule has 0 amide bonds. The van der Waals surface area contributed by atoms with Crippen molar-refractivity contribution in [2.45, 2.75) is 19.3 Å². The van der Waals surface area contributed by atoms with Gasteiger partial charge < -0.3 is 10.6 Å². The third-order valence-electron chi connectivity index (χ3n) is 2.77. The number of thiophene rings is 1. The number of hydrogen-bond acceptors (Lipinski definition) is 2. The van der Waals surface area contributed by atoms with Crippen LogP contribution in [0.5, 0.6) is 0 Å². The zero-order valence-corrected chi connectivity index (χ0v) is 14.3. The maximum absolute atomic E-state index is 5.88. The molecule has 0 aliphatic heterocycles. The van der Waals surface area contributed by atoms with E-state index in [1.807, 2.05) is 13.1 Å². The van der Waals surface area contributed by atoms with E-state index < -0.39 is 0 Å². The number of rotatable bonds is 5. The zero-order chi connectivity index (χ0) is 12.1. The summed E-state index contributed by atoms with van der Waals surface area (Å²) in [5.41, 5.74) is 0. The van der Waals surface area contributed by atoms with E-state index in [9.17, 15) is 0 Å². The van der Waals surface area contributed by atoms with Crippen LogP contribution in [0.4, 0.5) is 0 Å². The van der Waals surface area contributed by atoms with Crippen molar-refractivity contribution >= 4 is 52.9 Å². The molecule has 3 nitrogen and oxygen atoms in total. The highest BCUT2D eigenvalue weighted by Crippen LogP contribution is 2.27. The van der Waals surface area contributed by atoms with Crippen molar-refractivity contribution in [3.05, 3.63) is 21.3 Å². The molecule has 1 aliphatic rings. The number of guanidine groups is 1. The maximum Gasteiger partial charge on any atom is 0.190 e. The third kappa shape index (κ3) is 5.75. The molecule has 2 rings (SSSR count). The van der Waals surface area contributed by atoms with Crippen LogP contribution in [0, 0.1) is 5.92 Å². The Kier molecular flexibility index (Phi) is 7.33. The number of halogens is 2. The quantitative estimate of drug-likeness (QED) is 0.453. The Morgan fingerprint density at radius 2 is 2.22 bits per heavy atom. The predicted octanol–water partition coefficient (Wildman–Crippen LogP) is 3.14. The van der Waals surface area contributed by atoms with Crippen LogP contribution in [0.3, 0.4) is 0 Å². The molecule has 1 heterocycles. The third-order valence-corrected chi connectivity index (χ3v) is 4.06. The topological polar surface area (TPSA) is 36.4 Å². The fourth-order valence-electron chi connectivity index (χ4n) is 1.57. The molecule has 1 aromatic heterocycles. The van der Waals surface area contributed by atoms with Crippen LogP contribution in [0.1, 0.15) is 17.7 Å². The molecule has 0 unspecified atom stereocenters. The second-order valence-corrected chi connectivity index (χ2v) is 6.08. The van der Waals surface area contributed by atoms with Crippen LogP contribution in [0.15, 0.2) is 17.1 Å². The summed E-state index contributed by atoms with van der Waals surface area (Å²) < 4.78 is 0.858. The molecule has 18 heavy (non-hydrogen) atoms. The Hall–Kier alpha value is -0.0100. The molecule has 0 saturated heterocycles. The summed E-state index contributed by atoms with van der Waals surface area (Å²) in [6, 6.07) is 4.02. The first-order valence-electron chi connectivity index (χ1n) is 5.96. The van der Waals surface area contributed by atoms with Crippen LogP contribution in [0.2, 0.25) is 4.34 Å². The molecule has 1 fully saturated rings. The van der Waals surface area contributed by atoms with E-state index in [2.05, 4.69) is 21.7 Å². The minimum atomic E-state index is 0. The van der Waals surface area contributed by atoms with Gasteiger partial charge in [-0.25, -0.2) is 0 Å². The fourth-order valence-corrected chi connectivity index (χ4v) is 2.66. The Labute approximate surface area is 134 Å². The average Bonchev–Trinajstić information content (AvgIpc) is 3.06. The molecule has 0 atom stereocenters. The number of aliphatic imine (C=N–C) groups is 1. The lowest BCUT2D eigenvalue weighted by Gasteiger charge is -2.10. The van der Waals surface area contributed by atoms with Gasteiger partial charge in [-0.3, -0.25) is 4.99 Å². The van der Waals surface area contributed by atoms with E-state index in [-0.39, 0.29) is 24.0 Å². The highest BCUT2D eigenvalue weighted by molar-refractivity contribution is 14.0. The second kappa shape index (κ2) is 8.22. The molecule has 0 spiro atoms. The smallest absolute Gasteiger partial charge is 0.190 e. The fraction of sp³-hybridized carbons (Fsp3) is 0.583. The molecule has 0 radical (unpaired) electrons. The second-order valence-electron chi connectivity index (χ2n) is 4.28. The van der Waals surface area contributed by atoms with Gasteiger partial charge in [0.15, 0.2) is 5.96 Å². The number of nitrogens with zero attached hydrogens (tertiary/aromatic N) is 1. The lowest BCUT2D eigenvalue weighted by molar-refractivity contribution is 0.736. The molecule has 0 aromatic carbocycles. The summed E-state index contributed by atoms with van der Waals surface area (Å²) in [6.45, 7) is 1.94. The lowest BCUT2D eigenvalue weighted by Crippen LogP contribution is -2.39. The average molecular weight is 400 g/mol. The van der Waals surface area contributed by atoms with Gasteiger partial charge in [0.05, 0.1) is 4.34 Å². The zero-order valence-electron chi connectivity index (χ0n) is 10.4. The van der Waals surface area contributed by atoms with E-state index in [0.717, 1.165) is 35.7 Å². The monoisotopic (exact) mass is 399 g/mol. The highest BCUT2D eigenvalue weighted by Gasteiger charge is 2.20. The van der Waals surface area contributed by atoms with Crippen LogP contribution in [-0.2, 0) is 6.42 Å². The van der Waals surface area contributed by atoms with E-state index in [1.54, 1.807) is 11.3 Å². The van der Waals surface area contributed by atoms with Crippen LogP contribution in [-0.4, -0.2) is 26.1 Å². The van der Waals surface area contributed by atoms with Crippen LogP contribution < -0.4 is 10.6 Å². The van der Waals surface area contributed by atoms with Crippen LogP contribution >= 0.6 is 46.9 Å². The van der Waals surface area contributed by atoms with Crippen molar-refractivity contribution in [1.82, 2.24) is 10.6 Å². The van der Waals surface area contributed by atoms with Gasteiger partial charge >= 0.3 is 0 Å². The molecule has 2 N–H and O–H groups in total. The van der Waals surface area contributed by atoms with Gasteiger partial charge in [-0.1, -0.05) is 11.6 Å². The van der Waals surface area contributed by atoms with Crippen molar-refractivity contribution in [2.75, 3.05) is 20.1 Å². The summed E-state index contributed by atoms with van der Waals surface area (Å²) in [4.78, 5) is 5.50. The van der Waals surface area contributed by atoms with Gasteiger partial charge in [0.2, 0.25) is 0 Å². The SMILES string of the molecule is CN=C(NCCc1ccc(Cl)s1)NCC1CC1.I. The van der Waals surface area contributed by atoms with Gasteiger partial charge in [0.1, 0.15) is 0 Å². The predicted molar refractivity (Wildman–Crippen MR) is 90.5 cm³/mol. The molecule has 6 heteroatoms. The number of hydrogen-bond donors (Lipinski definition) is 2. The Morgan fingerprint density at radius 1 is 1.44 bits per heavy atom. The molecule has 1 saturated carbocycles. The molecule has 1 aliphatic carbocycles. The maximum atomic E-state index is 5.88. The standard InChI is InChI=1S/C12H18ClN3S.HI/c1-14-12(16-8-9-2-3-9)15-7-6-10-4-5-11(13)17-10;/h4-5,9H,2-3,6-8H2,1H3,(H2,14,15,16);1H. The van der Waals surface area contributed by atoms with Crippen molar-refractivity contribution in [3.63, 3.8) is 0 Å². The Bertz CT molecular complexity index is 390. The van der Waals surface area contributed by atoms with Gasteiger partial charge in [0, 0.05) is 25.0 Å². The van der Waals surface area contributed by atoms with Crippen molar-refractivity contribution in [2.24, 2.45) is 10.9 Å².